The van der Waals surface area contributed by atoms with Crippen LogP contribution in [0.3, 0.4) is 0 Å². The number of nitrogens with zero attached hydrogens (tertiary/aromatic N) is 1. The molecule has 1 rings (SSSR count). The summed E-state index contributed by atoms with van der Waals surface area (Å²) in [4.78, 5) is 11.3. The summed E-state index contributed by atoms with van der Waals surface area (Å²) in [5.74, 6) is 0.0662. The molecule has 0 aromatic carbocycles. The maximum Gasteiger partial charge on any atom is 0.341 e. The zero-order chi connectivity index (χ0) is 13.0. The van der Waals surface area contributed by atoms with Crippen LogP contribution in [0, 0.1) is 5.92 Å². The smallest absolute Gasteiger partial charge is 0.341 e. The normalized spacial score (nSPS) is 13.0. The van der Waals surface area contributed by atoms with Crippen molar-refractivity contribution in [1.82, 2.24) is 5.16 Å². The van der Waals surface area contributed by atoms with Crippen LogP contribution >= 0.6 is 0 Å². The predicted molar refractivity (Wildman–Crippen MR) is 65.3 cm³/mol. The first-order valence-corrected chi connectivity index (χ1v) is 6.19. The molecule has 1 heterocycles. The molecule has 1 unspecified atom stereocenters. The molecule has 4 heteroatoms. The highest BCUT2D eigenvalue weighted by Crippen LogP contribution is 2.27. The van der Waals surface area contributed by atoms with Gasteiger partial charge in [-0.15, -0.1) is 0 Å². The molecule has 1 aromatic heterocycles. The third-order valence-corrected chi connectivity index (χ3v) is 2.79. The van der Waals surface area contributed by atoms with Crippen LogP contribution in [0.25, 0.3) is 0 Å². The zero-order valence-corrected chi connectivity index (χ0v) is 11.0. The lowest BCUT2D eigenvalue weighted by Gasteiger charge is -2.07. The van der Waals surface area contributed by atoms with Crippen molar-refractivity contribution in [3.63, 3.8) is 0 Å². The number of hydrogen-bond acceptors (Lipinski definition) is 3. The monoisotopic (exact) mass is 239 g/mol. The molecule has 0 saturated heterocycles. The van der Waals surface area contributed by atoms with Crippen LogP contribution in [0.4, 0.5) is 0 Å². The highest BCUT2D eigenvalue weighted by molar-refractivity contribution is 5.90. The van der Waals surface area contributed by atoms with Gasteiger partial charge in [0, 0.05) is 12.3 Å². The van der Waals surface area contributed by atoms with Gasteiger partial charge in [0.05, 0.1) is 0 Å². The van der Waals surface area contributed by atoms with E-state index in [1.165, 1.54) is 0 Å². The SMILES string of the molecule is CCCC(C)c1noc(CC(C)C)c1C(=O)O. The average molecular weight is 239 g/mol. The summed E-state index contributed by atoms with van der Waals surface area (Å²) < 4.78 is 5.20. The predicted octanol–water partition coefficient (Wildman–Crippen LogP) is 3.47. The van der Waals surface area contributed by atoms with Crippen LogP contribution in [0.1, 0.15) is 68.3 Å². The number of carboxylic acids is 1. The first-order valence-electron chi connectivity index (χ1n) is 6.19. The summed E-state index contributed by atoms with van der Waals surface area (Å²) in [6.07, 6.45) is 2.55. The van der Waals surface area contributed by atoms with Crippen LogP contribution < -0.4 is 0 Å². The molecule has 0 bridgehead atoms. The van der Waals surface area contributed by atoms with Crippen molar-refractivity contribution >= 4 is 5.97 Å². The van der Waals surface area contributed by atoms with Crippen molar-refractivity contribution in [3.05, 3.63) is 17.0 Å². The molecule has 0 amide bonds. The van der Waals surface area contributed by atoms with Crippen molar-refractivity contribution in [3.8, 4) is 0 Å². The molecule has 0 aliphatic heterocycles. The lowest BCUT2D eigenvalue weighted by Crippen LogP contribution is -2.07. The van der Waals surface area contributed by atoms with Gasteiger partial charge in [-0.1, -0.05) is 39.3 Å². The maximum absolute atomic E-state index is 11.3. The van der Waals surface area contributed by atoms with E-state index in [4.69, 9.17) is 4.52 Å². The second kappa shape index (κ2) is 5.84. The quantitative estimate of drug-likeness (QED) is 0.825. The van der Waals surface area contributed by atoms with Crippen molar-refractivity contribution in [2.45, 2.75) is 52.9 Å². The fraction of sp³-hybridized carbons (Fsp3) is 0.692. The Morgan fingerprint density at radius 1 is 1.41 bits per heavy atom. The molecule has 96 valence electrons. The Morgan fingerprint density at radius 2 is 2.06 bits per heavy atom. The van der Waals surface area contributed by atoms with Gasteiger partial charge in [0.25, 0.3) is 0 Å². The molecular weight excluding hydrogens is 218 g/mol. The largest absolute Gasteiger partial charge is 0.477 e. The Hall–Kier alpha value is -1.32. The van der Waals surface area contributed by atoms with Crippen LogP contribution in [-0.4, -0.2) is 16.2 Å². The molecular formula is C13H21NO3. The minimum Gasteiger partial charge on any atom is -0.477 e. The first-order chi connectivity index (χ1) is 7.97. The number of carboxylic acid groups (broad SMARTS) is 1. The van der Waals surface area contributed by atoms with Gasteiger partial charge < -0.3 is 9.63 Å². The van der Waals surface area contributed by atoms with Crippen molar-refractivity contribution in [1.29, 1.82) is 0 Å². The van der Waals surface area contributed by atoms with Crippen LogP contribution in [0.5, 0.6) is 0 Å². The number of carbonyl (C=O) groups is 1. The first kappa shape index (κ1) is 13.7. The number of aromatic nitrogens is 1. The molecule has 0 aliphatic carbocycles. The van der Waals surface area contributed by atoms with E-state index in [9.17, 15) is 9.90 Å². The van der Waals surface area contributed by atoms with Crippen molar-refractivity contribution in [2.24, 2.45) is 5.92 Å². The van der Waals surface area contributed by atoms with E-state index in [-0.39, 0.29) is 11.5 Å². The fourth-order valence-corrected chi connectivity index (χ4v) is 1.98. The second-order valence-electron chi connectivity index (χ2n) is 4.96. The zero-order valence-electron chi connectivity index (χ0n) is 11.0. The van der Waals surface area contributed by atoms with Crippen molar-refractivity contribution in [2.75, 3.05) is 0 Å². The lowest BCUT2D eigenvalue weighted by atomic mass is 9.96. The summed E-state index contributed by atoms with van der Waals surface area (Å²) in [6, 6.07) is 0. The van der Waals surface area contributed by atoms with Gasteiger partial charge in [-0.2, -0.15) is 0 Å². The van der Waals surface area contributed by atoms with E-state index < -0.39 is 5.97 Å². The standard InChI is InChI=1S/C13H21NO3/c1-5-6-9(4)12-11(13(15)16)10(17-14-12)7-8(2)3/h8-9H,5-7H2,1-4H3,(H,15,16). The maximum atomic E-state index is 11.3. The lowest BCUT2D eigenvalue weighted by molar-refractivity contribution is 0.0692. The molecule has 17 heavy (non-hydrogen) atoms. The van der Waals surface area contributed by atoms with E-state index >= 15 is 0 Å². The number of hydrogen-bond donors (Lipinski definition) is 1. The molecule has 0 spiro atoms. The molecule has 0 fully saturated rings. The topological polar surface area (TPSA) is 63.3 Å². The van der Waals surface area contributed by atoms with Gasteiger partial charge in [-0.3, -0.25) is 0 Å². The molecule has 1 N–H and O–H groups in total. The summed E-state index contributed by atoms with van der Waals surface area (Å²) >= 11 is 0. The number of rotatable bonds is 6. The van der Waals surface area contributed by atoms with Gasteiger partial charge in [-0.05, 0) is 12.3 Å². The Bertz CT molecular complexity index is 382. The third-order valence-electron chi connectivity index (χ3n) is 2.79. The summed E-state index contributed by atoms with van der Waals surface area (Å²) in [7, 11) is 0. The van der Waals surface area contributed by atoms with E-state index in [0.717, 1.165) is 12.8 Å². The molecule has 1 atom stereocenters. The van der Waals surface area contributed by atoms with E-state index in [0.29, 0.717) is 23.8 Å². The highest BCUT2D eigenvalue weighted by atomic mass is 16.5. The minimum absolute atomic E-state index is 0.135. The molecule has 4 nitrogen and oxygen atoms in total. The van der Waals surface area contributed by atoms with E-state index in [1.54, 1.807) is 0 Å². The molecule has 1 aromatic rings. The van der Waals surface area contributed by atoms with Crippen LogP contribution in [0.2, 0.25) is 0 Å². The summed E-state index contributed by atoms with van der Waals surface area (Å²) in [6.45, 7) is 8.13. The van der Waals surface area contributed by atoms with Gasteiger partial charge in [0.15, 0.2) is 5.76 Å². The Labute approximate surface area is 102 Å². The number of aromatic carboxylic acids is 1. The molecule has 0 radical (unpaired) electrons. The van der Waals surface area contributed by atoms with Crippen LogP contribution in [-0.2, 0) is 6.42 Å². The Balaban J connectivity index is 3.06. The fourth-order valence-electron chi connectivity index (χ4n) is 1.98. The van der Waals surface area contributed by atoms with Crippen LogP contribution in [0.15, 0.2) is 4.52 Å². The van der Waals surface area contributed by atoms with Gasteiger partial charge >= 0.3 is 5.97 Å². The third kappa shape index (κ3) is 3.32. The molecule has 0 aliphatic rings. The Morgan fingerprint density at radius 3 is 2.53 bits per heavy atom. The average Bonchev–Trinajstić information content (AvgIpc) is 2.60. The van der Waals surface area contributed by atoms with Gasteiger partial charge in [0.2, 0.25) is 0 Å². The Kier molecular flexibility index (Phi) is 4.73. The molecule has 0 saturated carbocycles. The second-order valence-corrected chi connectivity index (χ2v) is 4.96. The van der Waals surface area contributed by atoms with Crippen molar-refractivity contribution < 1.29 is 14.4 Å². The minimum atomic E-state index is -0.931. The summed E-state index contributed by atoms with van der Waals surface area (Å²) in [5.41, 5.74) is 0.870. The van der Waals surface area contributed by atoms with Gasteiger partial charge in [-0.25, -0.2) is 4.79 Å². The van der Waals surface area contributed by atoms with E-state index in [1.807, 2.05) is 20.8 Å². The van der Waals surface area contributed by atoms with Gasteiger partial charge in [0.1, 0.15) is 11.3 Å². The summed E-state index contributed by atoms with van der Waals surface area (Å²) in [5, 5.41) is 13.2. The van der Waals surface area contributed by atoms with E-state index in [2.05, 4.69) is 12.1 Å². The highest BCUT2D eigenvalue weighted by Gasteiger charge is 2.25.